The zero-order valence-corrected chi connectivity index (χ0v) is 9.46. The molecule has 3 nitrogen and oxygen atoms in total. The Morgan fingerprint density at radius 3 is 2.94 bits per heavy atom. The number of rotatable bonds is 3. The zero-order valence-electron chi connectivity index (χ0n) is 8.70. The molecule has 0 bridgehead atoms. The standard InChI is InChI=1S/C12H12ClN3/c13-9-2-1-3-10(6-9)14-12-7-11(15-16-12)8-4-5-8/h1-3,6-8H,4-5H2,(H2,14,15,16). The van der Waals surface area contributed by atoms with Gasteiger partial charge in [0.15, 0.2) is 5.82 Å². The maximum absolute atomic E-state index is 5.91. The van der Waals surface area contributed by atoms with E-state index < -0.39 is 0 Å². The van der Waals surface area contributed by atoms with Crippen LogP contribution in [0.25, 0.3) is 0 Å². The molecule has 82 valence electrons. The SMILES string of the molecule is Clc1cccc(Nc2cc(C3CC3)[nH]n2)c1. The van der Waals surface area contributed by atoms with E-state index in [1.165, 1.54) is 18.5 Å². The predicted octanol–water partition coefficient (Wildman–Crippen LogP) is 3.68. The van der Waals surface area contributed by atoms with Crippen molar-refractivity contribution >= 4 is 23.1 Å². The largest absolute Gasteiger partial charge is 0.339 e. The molecule has 2 N–H and O–H groups in total. The number of aromatic nitrogens is 2. The molecule has 0 spiro atoms. The molecule has 0 saturated heterocycles. The lowest BCUT2D eigenvalue weighted by Gasteiger charge is -2.01. The molecule has 0 aliphatic heterocycles. The summed E-state index contributed by atoms with van der Waals surface area (Å²) in [5.74, 6) is 1.55. The number of benzene rings is 1. The lowest BCUT2D eigenvalue weighted by molar-refractivity contribution is 0.967. The van der Waals surface area contributed by atoms with E-state index in [4.69, 9.17) is 11.6 Å². The maximum atomic E-state index is 5.91. The minimum Gasteiger partial charge on any atom is -0.339 e. The van der Waals surface area contributed by atoms with Crippen LogP contribution >= 0.6 is 11.6 Å². The van der Waals surface area contributed by atoms with Crippen molar-refractivity contribution in [1.29, 1.82) is 0 Å². The Balaban J connectivity index is 1.77. The Morgan fingerprint density at radius 1 is 1.31 bits per heavy atom. The van der Waals surface area contributed by atoms with E-state index in [0.717, 1.165) is 16.5 Å². The number of aromatic amines is 1. The van der Waals surface area contributed by atoms with E-state index in [1.807, 2.05) is 24.3 Å². The van der Waals surface area contributed by atoms with Gasteiger partial charge in [-0.2, -0.15) is 5.10 Å². The summed E-state index contributed by atoms with van der Waals surface area (Å²) in [5, 5.41) is 11.2. The number of nitrogens with one attached hydrogen (secondary N) is 2. The molecular formula is C12H12ClN3. The van der Waals surface area contributed by atoms with Gasteiger partial charge < -0.3 is 5.32 Å². The number of anilines is 2. The Bertz CT molecular complexity index is 502. The van der Waals surface area contributed by atoms with Crippen molar-refractivity contribution < 1.29 is 0 Å². The van der Waals surface area contributed by atoms with Crippen LogP contribution in [0.1, 0.15) is 24.5 Å². The molecule has 16 heavy (non-hydrogen) atoms. The Hall–Kier alpha value is -1.48. The third kappa shape index (κ3) is 2.04. The molecule has 1 aliphatic carbocycles. The summed E-state index contributed by atoms with van der Waals surface area (Å²) < 4.78 is 0. The van der Waals surface area contributed by atoms with Crippen LogP contribution < -0.4 is 5.32 Å². The van der Waals surface area contributed by atoms with Gasteiger partial charge in [0.05, 0.1) is 0 Å². The molecule has 1 aliphatic rings. The van der Waals surface area contributed by atoms with E-state index >= 15 is 0 Å². The van der Waals surface area contributed by atoms with Crippen LogP contribution in [0.5, 0.6) is 0 Å². The minimum atomic E-state index is 0.697. The number of H-pyrrole nitrogens is 1. The molecule has 1 heterocycles. The molecule has 2 aromatic rings. The van der Waals surface area contributed by atoms with Gasteiger partial charge in [0.25, 0.3) is 0 Å². The first-order valence-electron chi connectivity index (χ1n) is 5.39. The van der Waals surface area contributed by atoms with Crippen LogP contribution in [0.3, 0.4) is 0 Å². The summed E-state index contributed by atoms with van der Waals surface area (Å²) >= 11 is 5.91. The van der Waals surface area contributed by atoms with Crippen LogP contribution in [0.2, 0.25) is 5.02 Å². The van der Waals surface area contributed by atoms with Gasteiger partial charge in [-0.3, -0.25) is 5.10 Å². The summed E-state index contributed by atoms with van der Waals surface area (Å²) in [6.07, 6.45) is 2.55. The first-order valence-corrected chi connectivity index (χ1v) is 5.77. The molecule has 0 unspecified atom stereocenters. The molecule has 4 heteroatoms. The molecule has 0 atom stereocenters. The Labute approximate surface area is 98.8 Å². The average Bonchev–Trinajstić information content (AvgIpc) is 3.01. The highest BCUT2D eigenvalue weighted by molar-refractivity contribution is 6.30. The van der Waals surface area contributed by atoms with Crippen molar-refractivity contribution in [2.24, 2.45) is 0 Å². The number of halogens is 1. The first kappa shape index (κ1) is 9.73. The predicted molar refractivity (Wildman–Crippen MR) is 65.3 cm³/mol. The fraction of sp³-hybridized carbons (Fsp3) is 0.250. The van der Waals surface area contributed by atoms with Gasteiger partial charge in [0, 0.05) is 28.4 Å². The van der Waals surface area contributed by atoms with E-state index in [2.05, 4.69) is 21.6 Å². The molecule has 1 fully saturated rings. The Morgan fingerprint density at radius 2 is 2.19 bits per heavy atom. The van der Waals surface area contributed by atoms with Crippen LogP contribution in [0.4, 0.5) is 11.5 Å². The Kier molecular flexibility index (Phi) is 2.33. The molecule has 0 amide bonds. The van der Waals surface area contributed by atoms with Crippen molar-refractivity contribution in [1.82, 2.24) is 10.2 Å². The van der Waals surface area contributed by atoms with Crippen molar-refractivity contribution in [2.45, 2.75) is 18.8 Å². The lowest BCUT2D eigenvalue weighted by Crippen LogP contribution is -1.89. The van der Waals surface area contributed by atoms with Gasteiger partial charge in [-0.25, -0.2) is 0 Å². The topological polar surface area (TPSA) is 40.7 Å². The summed E-state index contributed by atoms with van der Waals surface area (Å²) in [6, 6.07) is 9.69. The third-order valence-electron chi connectivity index (χ3n) is 2.71. The maximum Gasteiger partial charge on any atom is 0.152 e. The highest BCUT2D eigenvalue weighted by Crippen LogP contribution is 2.39. The second-order valence-electron chi connectivity index (χ2n) is 4.12. The fourth-order valence-electron chi connectivity index (χ4n) is 1.72. The highest BCUT2D eigenvalue weighted by atomic mass is 35.5. The van der Waals surface area contributed by atoms with E-state index in [1.54, 1.807) is 0 Å². The van der Waals surface area contributed by atoms with Gasteiger partial charge in [0.2, 0.25) is 0 Å². The summed E-state index contributed by atoms with van der Waals surface area (Å²) in [4.78, 5) is 0. The quantitative estimate of drug-likeness (QED) is 0.849. The minimum absolute atomic E-state index is 0.697. The number of nitrogens with zero attached hydrogens (tertiary/aromatic N) is 1. The second-order valence-corrected chi connectivity index (χ2v) is 4.55. The second kappa shape index (κ2) is 3.83. The number of hydrogen-bond donors (Lipinski definition) is 2. The van der Waals surface area contributed by atoms with Gasteiger partial charge in [0.1, 0.15) is 0 Å². The van der Waals surface area contributed by atoms with Crippen molar-refractivity contribution in [3.8, 4) is 0 Å². The molecule has 3 rings (SSSR count). The fourth-order valence-corrected chi connectivity index (χ4v) is 1.91. The van der Waals surface area contributed by atoms with Gasteiger partial charge in [-0.15, -0.1) is 0 Å². The van der Waals surface area contributed by atoms with Gasteiger partial charge in [-0.05, 0) is 31.0 Å². The summed E-state index contributed by atoms with van der Waals surface area (Å²) in [5.41, 5.74) is 2.19. The molecule has 1 aromatic carbocycles. The van der Waals surface area contributed by atoms with E-state index in [-0.39, 0.29) is 0 Å². The normalized spacial score (nSPS) is 15.1. The smallest absolute Gasteiger partial charge is 0.152 e. The van der Waals surface area contributed by atoms with Crippen molar-refractivity contribution in [3.63, 3.8) is 0 Å². The lowest BCUT2D eigenvalue weighted by atomic mass is 10.3. The van der Waals surface area contributed by atoms with Gasteiger partial charge in [-0.1, -0.05) is 17.7 Å². The van der Waals surface area contributed by atoms with Gasteiger partial charge >= 0.3 is 0 Å². The van der Waals surface area contributed by atoms with Crippen LogP contribution in [-0.4, -0.2) is 10.2 Å². The third-order valence-corrected chi connectivity index (χ3v) is 2.95. The van der Waals surface area contributed by atoms with E-state index in [9.17, 15) is 0 Å². The highest BCUT2D eigenvalue weighted by Gasteiger charge is 2.25. The van der Waals surface area contributed by atoms with Crippen LogP contribution in [0, 0.1) is 0 Å². The zero-order chi connectivity index (χ0) is 11.0. The monoisotopic (exact) mass is 233 g/mol. The average molecular weight is 234 g/mol. The number of hydrogen-bond acceptors (Lipinski definition) is 2. The molecule has 1 aromatic heterocycles. The molecule has 1 saturated carbocycles. The summed E-state index contributed by atoms with van der Waals surface area (Å²) in [6.45, 7) is 0. The van der Waals surface area contributed by atoms with Crippen LogP contribution in [-0.2, 0) is 0 Å². The van der Waals surface area contributed by atoms with Crippen LogP contribution in [0.15, 0.2) is 30.3 Å². The first-order chi connectivity index (χ1) is 7.81. The molecular weight excluding hydrogens is 222 g/mol. The molecule has 0 radical (unpaired) electrons. The summed E-state index contributed by atoms with van der Waals surface area (Å²) in [7, 11) is 0. The van der Waals surface area contributed by atoms with E-state index in [0.29, 0.717) is 5.92 Å². The van der Waals surface area contributed by atoms with Crippen molar-refractivity contribution in [2.75, 3.05) is 5.32 Å². The van der Waals surface area contributed by atoms with Crippen molar-refractivity contribution in [3.05, 3.63) is 41.0 Å².